The molecule has 0 aromatic rings. The molecule has 0 saturated carbocycles. The highest BCUT2D eigenvalue weighted by atomic mass is 32.2. The minimum absolute atomic E-state index is 0.138. The Morgan fingerprint density at radius 2 is 1.68 bits per heavy atom. The summed E-state index contributed by atoms with van der Waals surface area (Å²) in [6, 6.07) is -1.23. The molecule has 2 atom stereocenters. The molecule has 19 heavy (non-hydrogen) atoms. The summed E-state index contributed by atoms with van der Waals surface area (Å²) in [4.78, 5) is 22.2. The van der Waals surface area contributed by atoms with Gasteiger partial charge in [-0.05, 0) is 25.5 Å². The van der Waals surface area contributed by atoms with Gasteiger partial charge in [-0.15, -0.1) is 0 Å². The van der Waals surface area contributed by atoms with Gasteiger partial charge in [0.15, 0.2) is 0 Å². The van der Waals surface area contributed by atoms with Gasteiger partial charge < -0.3 is 10.6 Å². The van der Waals surface area contributed by atoms with Crippen molar-refractivity contribution in [3.8, 4) is 0 Å². The van der Waals surface area contributed by atoms with Crippen molar-refractivity contribution in [3.63, 3.8) is 0 Å². The van der Waals surface area contributed by atoms with E-state index < -0.39 is 39.8 Å². The summed E-state index contributed by atoms with van der Waals surface area (Å²) in [5.41, 5.74) is 0. The molecule has 0 radical (unpaired) electrons. The van der Waals surface area contributed by atoms with Crippen molar-refractivity contribution in [2.75, 3.05) is 5.75 Å². The topological polar surface area (TPSA) is 113 Å². The number of hydrogen-bond acceptors (Lipinski definition) is 4. The molecule has 0 spiro atoms. The van der Waals surface area contributed by atoms with Crippen LogP contribution in [0.1, 0.15) is 13.3 Å². The molecule has 3 N–H and O–H groups in total. The Balaban J connectivity index is 4.65. The van der Waals surface area contributed by atoms with Crippen LogP contribution in [0.15, 0.2) is 25.3 Å². The van der Waals surface area contributed by atoms with Crippen LogP contribution in [0.25, 0.3) is 0 Å². The van der Waals surface area contributed by atoms with E-state index in [1.54, 1.807) is 6.92 Å². The third kappa shape index (κ3) is 8.97. The van der Waals surface area contributed by atoms with Gasteiger partial charge in [0.05, 0.1) is 5.75 Å². The SMILES string of the molecule is C=CC(=O)NC(C)CC(CS(=O)(=O)O)NC(=O)C=C. The van der Waals surface area contributed by atoms with E-state index in [-0.39, 0.29) is 6.42 Å². The average Bonchev–Trinajstić information content (AvgIpc) is 2.25. The molecule has 7 nitrogen and oxygen atoms in total. The highest BCUT2D eigenvalue weighted by Crippen LogP contribution is 2.02. The molecule has 0 aliphatic rings. The summed E-state index contributed by atoms with van der Waals surface area (Å²) in [6.45, 7) is 8.16. The third-order valence-corrected chi connectivity index (χ3v) is 2.98. The average molecular weight is 290 g/mol. The van der Waals surface area contributed by atoms with Crippen LogP contribution in [0, 0.1) is 0 Å². The summed E-state index contributed by atoms with van der Waals surface area (Å²) in [7, 11) is -4.24. The van der Waals surface area contributed by atoms with Gasteiger partial charge in [0, 0.05) is 12.1 Å². The second-order valence-corrected chi connectivity index (χ2v) is 5.50. The largest absolute Gasteiger partial charge is 0.350 e. The molecule has 0 aromatic carbocycles. The van der Waals surface area contributed by atoms with E-state index in [2.05, 4.69) is 23.8 Å². The standard InChI is InChI=1S/C11H18N2O5S/c1-4-10(14)12-8(3)6-9(7-19(16,17)18)13-11(15)5-2/h4-5,8-9H,1-2,6-7H2,3H3,(H,12,14)(H,13,15)(H,16,17,18). The number of rotatable bonds is 8. The van der Waals surface area contributed by atoms with Gasteiger partial charge in [0.25, 0.3) is 10.1 Å². The van der Waals surface area contributed by atoms with Crippen LogP contribution in [0.5, 0.6) is 0 Å². The number of carbonyl (C=O) groups is 2. The van der Waals surface area contributed by atoms with E-state index in [1.807, 2.05) is 0 Å². The minimum Gasteiger partial charge on any atom is -0.350 e. The Hall–Kier alpha value is -1.67. The summed E-state index contributed by atoms with van der Waals surface area (Å²) in [5.74, 6) is -1.61. The fraction of sp³-hybridized carbons (Fsp3) is 0.455. The van der Waals surface area contributed by atoms with Crippen molar-refractivity contribution in [1.29, 1.82) is 0 Å². The first-order chi connectivity index (χ1) is 8.67. The third-order valence-electron chi connectivity index (χ3n) is 2.16. The van der Waals surface area contributed by atoms with Crippen molar-refractivity contribution >= 4 is 21.9 Å². The van der Waals surface area contributed by atoms with Crippen LogP contribution in [0.3, 0.4) is 0 Å². The van der Waals surface area contributed by atoms with E-state index in [4.69, 9.17) is 4.55 Å². The van der Waals surface area contributed by atoms with Crippen LogP contribution in [0.4, 0.5) is 0 Å². The fourth-order valence-corrected chi connectivity index (χ4v) is 2.20. The number of carbonyl (C=O) groups excluding carboxylic acids is 2. The Morgan fingerprint density at radius 1 is 1.21 bits per heavy atom. The molecule has 0 saturated heterocycles. The number of hydrogen-bond donors (Lipinski definition) is 3. The zero-order valence-corrected chi connectivity index (χ0v) is 11.4. The zero-order chi connectivity index (χ0) is 15.1. The predicted octanol–water partition coefficient (Wildman–Crippen LogP) is -0.374. The van der Waals surface area contributed by atoms with E-state index >= 15 is 0 Å². The van der Waals surface area contributed by atoms with Crippen LogP contribution in [-0.4, -0.2) is 42.6 Å². The molecule has 108 valence electrons. The van der Waals surface area contributed by atoms with E-state index in [0.717, 1.165) is 12.2 Å². The Morgan fingerprint density at radius 3 is 2.11 bits per heavy atom. The van der Waals surface area contributed by atoms with Crippen LogP contribution < -0.4 is 10.6 Å². The molecule has 8 heteroatoms. The van der Waals surface area contributed by atoms with Gasteiger partial charge in [0.2, 0.25) is 11.8 Å². The molecule has 0 aliphatic carbocycles. The maximum Gasteiger partial charge on any atom is 0.266 e. The van der Waals surface area contributed by atoms with Crippen molar-refractivity contribution < 1.29 is 22.6 Å². The fourth-order valence-electron chi connectivity index (χ4n) is 1.47. The number of amides is 2. The lowest BCUT2D eigenvalue weighted by Crippen LogP contribution is -2.44. The first-order valence-corrected chi connectivity index (χ1v) is 7.10. The molecular formula is C11H18N2O5S. The quantitative estimate of drug-likeness (QED) is 0.417. The van der Waals surface area contributed by atoms with E-state index in [0.29, 0.717) is 0 Å². The van der Waals surface area contributed by atoms with E-state index in [9.17, 15) is 18.0 Å². The first-order valence-electron chi connectivity index (χ1n) is 5.49. The molecular weight excluding hydrogens is 272 g/mol. The second kappa shape index (κ2) is 7.70. The van der Waals surface area contributed by atoms with E-state index in [1.165, 1.54) is 0 Å². The molecule has 2 amide bonds. The molecule has 0 heterocycles. The first kappa shape index (κ1) is 17.3. The Kier molecular flexibility index (Phi) is 7.02. The van der Waals surface area contributed by atoms with Crippen molar-refractivity contribution in [1.82, 2.24) is 10.6 Å². The lowest BCUT2D eigenvalue weighted by molar-refractivity contribution is -0.117. The van der Waals surface area contributed by atoms with Gasteiger partial charge in [-0.25, -0.2) is 0 Å². The molecule has 0 bridgehead atoms. The molecule has 2 unspecified atom stereocenters. The van der Waals surface area contributed by atoms with Gasteiger partial charge in [-0.3, -0.25) is 14.1 Å². The molecule has 0 fully saturated rings. The predicted molar refractivity (Wildman–Crippen MR) is 71.0 cm³/mol. The van der Waals surface area contributed by atoms with Gasteiger partial charge in [-0.1, -0.05) is 13.2 Å². The van der Waals surface area contributed by atoms with Crippen LogP contribution in [0.2, 0.25) is 0 Å². The van der Waals surface area contributed by atoms with Gasteiger partial charge >= 0.3 is 0 Å². The summed E-state index contributed by atoms with van der Waals surface area (Å²) >= 11 is 0. The zero-order valence-electron chi connectivity index (χ0n) is 10.6. The monoisotopic (exact) mass is 290 g/mol. The maximum absolute atomic E-state index is 11.2. The summed E-state index contributed by atoms with van der Waals surface area (Å²) in [5, 5.41) is 4.90. The van der Waals surface area contributed by atoms with Gasteiger partial charge in [0.1, 0.15) is 0 Å². The highest BCUT2D eigenvalue weighted by molar-refractivity contribution is 7.85. The Bertz CT molecular complexity index is 458. The van der Waals surface area contributed by atoms with Crippen molar-refractivity contribution in [3.05, 3.63) is 25.3 Å². The molecule has 0 aliphatic heterocycles. The smallest absolute Gasteiger partial charge is 0.266 e. The molecule has 0 rings (SSSR count). The second-order valence-electron chi connectivity index (χ2n) is 4.01. The van der Waals surface area contributed by atoms with Crippen LogP contribution >= 0.6 is 0 Å². The van der Waals surface area contributed by atoms with Crippen molar-refractivity contribution in [2.24, 2.45) is 0 Å². The maximum atomic E-state index is 11.2. The number of nitrogens with one attached hydrogen (secondary N) is 2. The molecule has 0 aromatic heterocycles. The minimum atomic E-state index is -4.24. The lowest BCUT2D eigenvalue weighted by atomic mass is 10.1. The highest BCUT2D eigenvalue weighted by Gasteiger charge is 2.21. The van der Waals surface area contributed by atoms with Crippen molar-refractivity contribution in [2.45, 2.75) is 25.4 Å². The lowest BCUT2D eigenvalue weighted by Gasteiger charge is -2.21. The summed E-state index contributed by atoms with van der Waals surface area (Å²) in [6.07, 6.45) is 2.21. The van der Waals surface area contributed by atoms with Gasteiger partial charge in [-0.2, -0.15) is 8.42 Å². The van der Waals surface area contributed by atoms with Crippen LogP contribution in [-0.2, 0) is 19.7 Å². The summed E-state index contributed by atoms with van der Waals surface area (Å²) < 4.78 is 30.5. The Labute approximate surface area is 112 Å². The normalized spacial score (nSPS) is 14.0.